The van der Waals surface area contributed by atoms with Crippen LogP contribution < -0.4 is 10.1 Å². The molecule has 0 saturated carbocycles. The number of carbonyl (C=O) groups is 1. The number of hydrogen-bond acceptors (Lipinski definition) is 5. The summed E-state index contributed by atoms with van der Waals surface area (Å²) in [4.78, 5) is 23.3. The summed E-state index contributed by atoms with van der Waals surface area (Å²) in [5.41, 5.74) is -1.19. The van der Waals surface area contributed by atoms with E-state index >= 15 is 0 Å². The Bertz CT molecular complexity index is 814. The zero-order chi connectivity index (χ0) is 17.9. The summed E-state index contributed by atoms with van der Waals surface area (Å²) < 4.78 is 31.9. The number of nitro benzene ring substituents is 1. The fraction of sp³-hybridized carbons (Fsp3) is 0.133. The van der Waals surface area contributed by atoms with Crippen molar-refractivity contribution in [3.05, 3.63) is 57.6 Å². The molecule has 0 unspecified atom stereocenters. The Labute approximate surface area is 140 Å². The highest BCUT2D eigenvalue weighted by atomic mass is 32.2. The van der Waals surface area contributed by atoms with E-state index in [-0.39, 0.29) is 11.3 Å². The molecule has 0 radical (unpaired) electrons. The third-order valence-corrected chi connectivity index (χ3v) is 3.90. The molecular weight excluding hydrogens is 342 g/mol. The first kappa shape index (κ1) is 17.7. The van der Waals surface area contributed by atoms with Gasteiger partial charge in [0.05, 0.1) is 28.7 Å². The van der Waals surface area contributed by atoms with Gasteiger partial charge in [0.2, 0.25) is 0 Å². The quantitative estimate of drug-likeness (QED) is 0.501. The highest BCUT2D eigenvalue weighted by molar-refractivity contribution is 7.98. The van der Waals surface area contributed by atoms with Gasteiger partial charge in [0.25, 0.3) is 11.6 Å². The second kappa shape index (κ2) is 7.26. The van der Waals surface area contributed by atoms with E-state index in [1.807, 2.05) is 0 Å². The van der Waals surface area contributed by atoms with Gasteiger partial charge in [-0.3, -0.25) is 14.9 Å². The van der Waals surface area contributed by atoms with E-state index in [4.69, 9.17) is 4.74 Å². The van der Waals surface area contributed by atoms with Gasteiger partial charge in [-0.1, -0.05) is 6.07 Å². The molecule has 0 aromatic heterocycles. The number of methoxy groups -OCH3 is 1. The van der Waals surface area contributed by atoms with Crippen LogP contribution >= 0.6 is 11.8 Å². The molecule has 0 aliphatic carbocycles. The summed E-state index contributed by atoms with van der Waals surface area (Å²) in [6, 6.07) is 5.65. The van der Waals surface area contributed by atoms with Gasteiger partial charge in [0.1, 0.15) is 11.3 Å². The fourth-order valence-corrected chi connectivity index (χ4v) is 2.57. The van der Waals surface area contributed by atoms with Gasteiger partial charge in [-0.2, -0.15) is 0 Å². The Balaban J connectivity index is 2.48. The van der Waals surface area contributed by atoms with E-state index in [9.17, 15) is 23.7 Å². The normalized spacial score (nSPS) is 10.3. The maximum atomic E-state index is 13.7. The van der Waals surface area contributed by atoms with Crippen molar-refractivity contribution in [1.29, 1.82) is 0 Å². The minimum atomic E-state index is -1.24. The molecule has 9 heteroatoms. The van der Waals surface area contributed by atoms with Crippen LogP contribution in [0.15, 0.2) is 35.2 Å². The molecule has 0 heterocycles. The second-order valence-electron chi connectivity index (χ2n) is 4.54. The number of benzene rings is 2. The lowest BCUT2D eigenvalue weighted by Crippen LogP contribution is -2.15. The molecule has 0 bridgehead atoms. The van der Waals surface area contributed by atoms with Gasteiger partial charge in [0.15, 0.2) is 11.6 Å². The number of hydrogen-bond donors (Lipinski definition) is 1. The van der Waals surface area contributed by atoms with Crippen molar-refractivity contribution < 1.29 is 23.2 Å². The van der Waals surface area contributed by atoms with Crippen molar-refractivity contribution in [3.63, 3.8) is 0 Å². The average Bonchev–Trinajstić information content (AvgIpc) is 2.57. The first-order valence-corrected chi connectivity index (χ1v) is 7.77. The zero-order valence-corrected chi connectivity index (χ0v) is 13.4. The van der Waals surface area contributed by atoms with E-state index in [1.165, 1.54) is 31.0 Å². The molecule has 24 heavy (non-hydrogen) atoms. The zero-order valence-electron chi connectivity index (χ0n) is 12.6. The van der Waals surface area contributed by atoms with Crippen molar-refractivity contribution in [3.8, 4) is 5.75 Å². The topological polar surface area (TPSA) is 81.5 Å². The molecule has 2 aromatic carbocycles. The van der Waals surface area contributed by atoms with E-state index in [1.54, 1.807) is 6.26 Å². The minimum absolute atomic E-state index is 0.239. The fourth-order valence-electron chi connectivity index (χ4n) is 1.99. The molecular formula is C15H12F2N2O4S. The predicted octanol–water partition coefficient (Wildman–Crippen LogP) is 3.86. The number of carbonyl (C=O) groups excluding carboxylic acids is 1. The van der Waals surface area contributed by atoms with Crippen molar-refractivity contribution in [2.45, 2.75) is 4.90 Å². The number of thioether (sulfide) groups is 1. The van der Waals surface area contributed by atoms with Crippen molar-refractivity contribution >= 4 is 29.0 Å². The summed E-state index contributed by atoms with van der Waals surface area (Å²) >= 11 is 1.22. The number of ether oxygens (including phenoxy) is 1. The molecule has 1 amide bonds. The van der Waals surface area contributed by atoms with Crippen molar-refractivity contribution in [2.75, 3.05) is 18.7 Å². The van der Waals surface area contributed by atoms with Crippen LogP contribution in [0.25, 0.3) is 0 Å². The first-order chi connectivity index (χ1) is 11.4. The van der Waals surface area contributed by atoms with E-state index in [0.717, 1.165) is 18.2 Å². The van der Waals surface area contributed by atoms with Gasteiger partial charge in [-0.25, -0.2) is 8.78 Å². The molecule has 2 aromatic rings. The maximum Gasteiger partial charge on any atom is 0.285 e. The number of amides is 1. The Morgan fingerprint density at radius 3 is 2.62 bits per heavy atom. The third-order valence-electron chi connectivity index (χ3n) is 3.14. The largest absolute Gasteiger partial charge is 0.495 e. The highest BCUT2D eigenvalue weighted by Gasteiger charge is 2.24. The highest BCUT2D eigenvalue weighted by Crippen LogP contribution is 2.34. The average molecular weight is 354 g/mol. The monoisotopic (exact) mass is 354 g/mol. The van der Waals surface area contributed by atoms with Crippen LogP contribution in [0, 0.1) is 21.7 Å². The third kappa shape index (κ3) is 3.46. The van der Waals surface area contributed by atoms with Crippen LogP contribution in [-0.2, 0) is 0 Å². The molecule has 0 aliphatic rings. The molecule has 6 nitrogen and oxygen atoms in total. The van der Waals surface area contributed by atoms with Crippen LogP contribution in [-0.4, -0.2) is 24.2 Å². The summed E-state index contributed by atoms with van der Waals surface area (Å²) in [6.07, 6.45) is 1.71. The number of nitrogens with one attached hydrogen (secondary N) is 1. The van der Waals surface area contributed by atoms with Crippen LogP contribution in [0.1, 0.15) is 10.4 Å². The number of halogens is 2. The molecule has 2 rings (SSSR count). The molecule has 0 fully saturated rings. The second-order valence-corrected chi connectivity index (χ2v) is 5.39. The molecule has 0 saturated heterocycles. The number of nitro groups is 1. The number of anilines is 1. The van der Waals surface area contributed by atoms with E-state index in [2.05, 4.69) is 5.32 Å². The smallest absolute Gasteiger partial charge is 0.285 e. The molecule has 0 spiro atoms. The standard InChI is InChI=1S/C15H12F2N2O4S/c1-23-12-7-11(19(21)22)8(6-13(12)24-2)15(20)18-10-5-3-4-9(16)14(10)17/h3-7H,1-2H3,(H,18,20). The van der Waals surface area contributed by atoms with E-state index in [0.29, 0.717) is 4.90 Å². The maximum absolute atomic E-state index is 13.7. The van der Waals surface area contributed by atoms with Crippen LogP contribution in [0.4, 0.5) is 20.2 Å². The Hall–Kier alpha value is -2.68. The summed E-state index contributed by atoms with van der Waals surface area (Å²) in [6.45, 7) is 0. The Morgan fingerprint density at radius 2 is 2.04 bits per heavy atom. The predicted molar refractivity (Wildman–Crippen MR) is 85.7 cm³/mol. The van der Waals surface area contributed by atoms with Crippen LogP contribution in [0.3, 0.4) is 0 Å². The van der Waals surface area contributed by atoms with Gasteiger partial charge in [-0.05, 0) is 24.5 Å². The minimum Gasteiger partial charge on any atom is -0.495 e. The molecule has 1 N–H and O–H groups in total. The summed E-state index contributed by atoms with van der Waals surface area (Å²) in [5, 5.41) is 13.3. The number of nitrogens with zero attached hydrogens (tertiary/aromatic N) is 1. The summed E-state index contributed by atoms with van der Waals surface area (Å²) in [5.74, 6) is -3.07. The SMILES string of the molecule is COc1cc([N+](=O)[O-])c(C(=O)Nc2cccc(F)c2F)cc1SC. The van der Waals surface area contributed by atoms with Crippen LogP contribution in [0.5, 0.6) is 5.75 Å². The van der Waals surface area contributed by atoms with E-state index < -0.39 is 33.8 Å². The Kier molecular flexibility index (Phi) is 5.35. The lowest BCUT2D eigenvalue weighted by molar-refractivity contribution is -0.385. The van der Waals surface area contributed by atoms with Crippen LogP contribution in [0.2, 0.25) is 0 Å². The molecule has 0 atom stereocenters. The van der Waals surface area contributed by atoms with Gasteiger partial charge < -0.3 is 10.1 Å². The summed E-state index contributed by atoms with van der Waals surface area (Å²) in [7, 11) is 1.35. The van der Waals surface area contributed by atoms with Crippen molar-refractivity contribution in [2.24, 2.45) is 0 Å². The molecule has 0 aliphatic heterocycles. The van der Waals surface area contributed by atoms with Gasteiger partial charge in [0, 0.05) is 0 Å². The number of rotatable bonds is 5. The lowest BCUT2D eigenvalue weighted by atomic mass is 10.1. The van der Waals surface area contributed by atoms with Gasteiger partial charge in [-0.15, -0.1) is 11.8 Å². The first-order valence-electron chi connectivity index (χ1n) is 6.54. The molecule has 126 valence electrons. The Morgan fingerprint density at radius 1 is 1.33 bits per heavy atom. The van der Waals surface area contributed by atoms with Crippen molar-refractivity contribution in [1.82, 2.24) is 0 Å². The van der Waals surface area contributed by atoms with Gasteiger partial charge >= 0.3 is 0 Å². The lowest BCUT2D eigenvalue weighted by Gasteiger charge is -2.11.